The third kappa shape index (κ3) is 2.94. The number of furan rings is 1. The molecule has 26 heavy (non-hydrogen) atoms. The number of fused-ring (bicyclic) bond motifs is 1. The van der Waals surface area contributed by atoms with Crippen molar-refractivity contribution in [2.75, 3.05) is 6.54 Å². The Hall–Kier alpha value is -2.82. The second-order valence-electron chi connectivity index (χ2n) is 6.63. The Kier molecular flexibility index (Phi) is 4.72. The summed E-state index contributed by atoms with van der Waals surface area (Å²) in [5.41, 5.74) is 3.31. The van der Waals surface area contributed by atoms with Gasteiger partial charge in [0.1, 0.15) is 17.0 Å². The number of nitrogens with one attached hydrogen (secondary N) is 1. The molecule has 0 aliphatic heterocycles. The second kappa shape index (κ2) is 6.83. The monoisotopic (exact) mass is 352 g/mol. The van der Waals surface area contributed by atoms with Crippen LogP contribution in [0.4, 0.5) is 0 Å². The third-order valence-electron chi connectivity index (χ3n) is 4.93. The van der Waals surface area contributed by atoms with Crippen molar-refractivity contribution in [1.82, 2.24) is 9.88 Å². The first-order valence-electron chi connectivity index (χ1n) is 8.84. The van der Waals surface area contributed by atoms with Gasteiger partial charge in [-0.05, 0) is 52.3 Å². The first kappa shape index (κ1) is 18.0. The number of benzene rings is 1. The van der Waals surface area contributed by atoms with E-state index in [1.165, 1.54) is 6.92 Å². The number of carbonyl (C=O) groups is 2. The Morgan fingerprint density at radius 3 is 2.50 bits per heavy atom. The number of para-hydroxylation sites is 1. The number of amides is 1. The van der Waals surface area contributed by atoms with Gasteiger partial charge in [0.25, 0.3) is 5.91 Å². The minimum atomic E-state index is -0.219. The molecule has 0 saturated carbocycles. The molecular weight excluding hydrogens is 328 g/mol. The van der Waals surface area contributed by atoms with Crippen molar-refractivity contribution in [2.45, 2.75) is 40.7 Å². The van der Waals surface area contributed by atoms with E-state index in [0.29, 0.717) is 23.4 Å². The molecular formula is C21H24N2O3. The molecule has 3 rings (SSSR count). The molecule has 0 radical (unpaired) electrons. The average molecular weight is 352 g/mol. The molecule has 2 heterocycles. The number of aromatic amines is 1. The summed E-state index contributed by atoms with van der Waals surface area (Å²) in [6, 6.07) is 9.56. The van der Waals surface area contributed by atoms with Gasteiger partial charge in [-0.25, -0.2) is 0 Å². The molecule has 0 spiro atoms. The van der Waals surface area contributed by atoms with Gasteiger partial charge in [-0.1, -0.05) is 18.2 Å². The molecule has 5 nitrogen and oxygen atoms in total. The molecule has 5 heteroatoms. The van der Waals surface area contributed by atoms with E-state index in [4.69, 9.17) is 4.42 Å². The van der Waals surface area contributed by atoms with Crippen molar-refractivity contribution in [3.8, 4) is 0 Å². The number of rotatable bonds is 5. The summed E-state index contributed by atoms with van der Waals surface area (Å²) in [4.78, 5) is 29.9. The maximum atomic E-state index is 13.2. The molecule has 1 atom stereocenters. The molecule has 1 unspecified atom stereocenters. The van der Waals surface area contributed by atoms with Crippen molar-refractivity contribution in [3.63, 3.8) is 0 Å². The molecule has 3 aromatic rings. The summed E-state index contributed by atoms with van der Waals surface area (Å²) in [5.74, 6) is 0.575. The van der Waals surface area contributed by atoms with Gasteiger partial charge in [-0.2, -0.15) is 0 Å². The Morgan fingerprint density at radius 2 is 1.92 bits per heavy atom. The Balaban J connectivity index is 1.96. The SMILES string of the molecule is CCN(C(=O)c1[nH]c(C)c(C(C)=O)c1C)C(C)c1cc2ccccc2o1. The van der Waals surface area contributed by atoms with Gasteiger partial charge in [-0.3, -0.25) is 9.59 Å². The van der Waals surface area contributed by atoms with E-state index in [1.807, 2.05) is 58.0 Å². The van der Waals surface area contributed by atoms with Gasteiger partial charge in [-0.15, -0.1) is 0 Å². The number of aryl methyl sites for hydroxylation is 1. The summed E-state index contributed by atoms with van der Waals surface area (Å²) in [5, 5.41) is 1.02. The maximum Gasteiger partial charge on any atom is 0.271 e. The van der Waals surface area contributed by atoms with Crippen LogP contribution in [0.3, 0.4) is 0 Å². The largest absolute Gasteiger partial charge is 0.459 e. The highest BCUT2D eigenvalue weighted by molar-refractivity contribution is 6.02. The van der Waals surface area contributed by atoms with Crippen molar-refractivity contribution < 1.29 is 14.0 Å². The van der Waals surface area contributed by atoms with E-state index < -0.39 is 0 Å². The summed E-state index contributed by atoms with van der Waals surface area (Å²) < 4.78 is 5.94. The van der Waals surface area contributed by atoms with Gasteiger partial charge in [0, 0.05) is 23.2 Å². The summed E-state index contributed by atoms with van der Waals surface area (Å²) in [6.07, 6.45) is 0. The van der Waals surface area contributed by atoms with E-state index in [1.54, 1.807) is 4.90 Å². The summed E-state index contributed by atoms with van der Waals surface area (Å²) in [7, 11) is 0. The Labute approximate surface area is 153 Å². The molecule has 0 fully saturated rings. The smallest absolute Gasteiger partial charge is 0.271 e. The van der Waals surface area contributed by atoms with Crippen LogP contribution in [-0.2, 0) is 0 Å². The molecule has 136 valence electrons. The van der Waals surface area contributed by atoms with Crippen molar-refractivity contribution >= 4 is 22.7 Å². The lowest BCUT2D eigenvalue weighted by Crippen LogP contribution is -2.34. The predicted molar refractivity (Wildman–Crippen MR) is 102 cm³/mol. The van der Waals surface area contributed by atoms with Gasteiger partial charge >= 0.3 is 0 Å². The van der Waals surface area contributed by atoms with E-state index in [-0.39, 0.29) is 17.7 Å². The van der Waals surface area contributed by atoms with Crippen LogP contribution in [-0.4, -0.2) is 28.1 Å². The molecule has 1 aromatic carbocycles. The van der Waals surface area contributed by atoms with E-state index in [2.05, 4.69) is 4.98 Å². The van der Waals surface area contributed by atoms with Crippen molar-refractivity contribution in [1.29, 1.82) is 0 Å². The lowest BCUT2D eigenvalue weighted by molar-refractivity contribution is 0.0678. The minimum absolute atomic E-state index is 0.0383. The molecule has 0 aliphatic rings. The van der Waals surface area contributed by atoms with E-state index in [0.717, 1.165) is 22.4 Å². The van der Waals surface area contributed by atoms with Gasteiger partial charge in [0.2, 0.25) is 0 Å². The van der Waals surface area contributed by atoms with Crippen LogP contribution in [0.5, 0.6) is 0 Å². The number of carbonyl (C=O) groups excluding carboxylic acids is 2. The second-order valence-corrected chi connectivity index (χ2v) is 6.63. The lowest BCUT2D eigenvalue weighted by Gasteiger charge is -2.26. The van der Waals surface area contributed by atoms with Crippen LogP contribution < -0.4 is 0 Å². The minimum Gasteiger partial charge on any atom is -0.459 e. The number of hydrogen-bond acceptors (Lipinski definition) is 3. The fourth-order valence-electron chi connectivity index (χ4n) is 3.59. The molecule has 0 saturated heterocycles. The average Bonchev–Trinajstić information content (AvgIpc) is 3.15. The number of nitrogens with zero attached hydrogens (tertiary/aromatic N) is 1. The normalized spacial score (nSPS) is 12.3. The summed E-state index contributed by atoms with van der Waals surface area (Å²) in [6.45, 7) is 9.58. The van der Waals surface area contributed by atoms with Gasteiger partial charge < -0.3 is 14.3 Å². The third-order valence-corrected chi connectivity index (χ3v) is 4.93. The highest BCUT2D eigenvalue weighted by atomic mass is 16.3. The van der Waals surface area contributed by atoms with Crippen LogP contribution >= 0.6 is 0 Å². The highest BCUT2D eigenvalue weighted by Gasteiger charge is 2.28. The number of Topliss-reactive ketones (excluding diaryl/α,β-unsaturated/α-hetero) is 1. The Morgan fingerprint density at radius 1 is 1.23 bits per heavy atom. The number of hydrogen-bond donors (Lipinski definition) is 1. The van der Waals surface area contributed by atoms with Crippen LogP contribution in [0.2, 0.25) is 0 Å². The van der Waals surface area contributed by atoms with Crippen LogP contribution in [0.15, 0.2) is 34.7 Å². The Bertz CT molecular complexity index is 947. The van der Waals surface area contributed by atoms with Gasteiger partial charge in [0.05, 0.1) is 6.04 Å². The zero-order valence-electron chi connectivity index (χ0n) is 15.8. The molecule has 1 N–H and O–H groups in total. The number of H-pyrrole nitrogens is 1. The van der Waals surface area contributed by atoms with E-state index >= 15 is 0 Å². The van der Waals surface area contributed by atoms with Gasteiger partial charge in [0.15, 0.2) is 5.78 Å². The fourth-order valence-corrected chi connectivity index (χ4v) is 3.59. The topological polar surface area (TPSA) is 66.3 Å². The standard InChI is InChI=1S/C21H24N2O3/c1-6-23(14(4)18-11-16-9-7-8-10-17(16)26-18)21(25)20-12(2)19(15(5)24)13(3)22-20/h7-11,14,22H,6H2,1-5H3. The maximum absolute atomic E-state index is 13.2. The molecule has 2 aromatic heterocycles. The number of aromatic nitrogens is 1. The summed E-state index contributed by atoms with van der Waals surface area (Å²) >= 11 is 0. The highest BCUT2D eigenvalue weighted by Crippen LogP contribution is 2.29. The van der Waals surface area contributed by atoms with Crippen molar-refractivity contribution in [3.05, 3.63) is 58.6 Å². The fraction of sp³-hybridized carbons (Fsp3) is 0.333. The molecule has 0 aliphatic carbocycles. The van der Waals surface area contributed by atoms with E-state index in [9.17, 15) is 9.59 Å². The first-order chi connectivity index (χ1) is 12.3. The van der Waals surface area contributed by atoms with Crippen LogP contribution in [0, 0.1) is 13.8 Å². The molecule has 0 bridgehead atoms. The first-order valence-corrected chi connectivity index (χ1v) is 8.84. The zero-order chi connectivity index (χ0) is 19.0. The quantitative estimate of drug-likeness (QED) is 0.671. The lowest BCUT2D eigenvalue weighted by atomic mass is 10.1. The van der Waals surface area contributed by atoms with Crippen LogP contribution in [0.1, 0.15) is 64.7 Å². The molecule has 1 amide bonds. The van der Waals surface area contributed by atoms with Crippen molar-refractivity contribution in [2.24, 2.45) is 0 Å². The zero-order valence-corrected chi connectivity index (χ0v) is 15.8. The number of ketones is 1. The predicted octanol–water partition coefficient (Wildman–Crippen LogP) is 4.80. The van der Waals surface area contributed by atoms with Crippen LogP contribution in [0.25, 0.3) is 11.0 Å².